The van der Waals surface area contributed by atoms with Gasteiger partial charge >= 0.3 is 0 Å². The van der Waals surface area contributed by atoms with Crippen LogP contribution in [0.3, 0.4) is 0 Å². The molecule has 0 radical (unpaired) electrons. The molecule has 0 atom stereocenters. The number of rotatable bonds is 7. The number of amides is 1. The molecule has 0 saturated heterocycles. The molecule has 0 aliphatic heterocycles. The fourth-order valence-electron chi connectivity index (χ4n) is 3.89. The number of nitrogens with one attached hydrogen (secondary N) is 1. The summed E-state index contributed by atoms with van der Waals surface area (Å²) in [4.78, 5) is 12.4. The monoisotopic (exact) mass is 538 g/mol. The minimum Gasteiger partial charge on any atom is -0.483 e. The third-order valence-corrected chi connectivity index (χ3v) is 6.45. The number of carbonyl (C=O) groups excluding carboxylic acids is 1. The summed E-state index contributed by atoms with van der Waals surface area (Å²) < 4.78 is 8.35. The van der Waals surface area contributed by atoms with Crippen molar-refractivity contribution in [3.05, 3.63) is 113 Å². The molecule has 5 rings (SSSR count). The lowest BCUT2D eigenvalue weighted by molar-refractivity contribution is -0.123. The smallest absolute Gasteiger partial charge is 0.277 e. The van der Waals surface area contributed by atoms with Gasteiger partial charge in [0.2, 0.25) is 0 Å². The zero-order valence-corrected chi connectivity index (χ0v) is 21.1. The van der Waals surface area contributed by atoms with Gasteiger partial charge in [0.15, 0.2) is 6.61 Å². The van der Waals surface area contributed by atoms with E-state index in [1.807, 2.05) is 98.0 Å². The second-order valence-corrected chi connectivity index (χ2v) is 9.06. The lowest BCUT2D eigenvalue weighted by atomic mass is 10.1. The van der Waals surface area contributed by atoms with E-state index in [4.69, 9.17) is 9.84 Å². The number of ether oxygens (including phenoxy) is 1. The molecule has 5 aromatic rings. The van der Waals surface area contributed by atoms with Crippen LogP contribution in [0, 0.1) is 6.92 Å². The fraction of sp³-hybridized carbons (Fsp3) is 0.0690. The molecule has 0 spiro atoms. The second kappa shape index (κ2) is 10.6. The van der Waals surface area contributed by atoms with Crippen molar-refractivity contribution in [3.8, 4) is 22.7 Å². The molecule has 178 valence electrons. The molecule has 6 nitrogen and oxygen atoms in total. The van der Waals surface area contributed by atoms with Crippen LogP contribution in [-0.4, -0.2) is 28.5 Å². The molecule has 7 heteroatoms. The summed E-state index contributed by atoms with van der Waals surface area (Å²) in [7, 11) is 0. The Hall–Kier alpha value is -4.23. The van der Waals surface area contributed by atoms with E-state index in [0.717, 1.165) is 43.3 Å². The Morgan fingerprint density at radius 3 is 2.67 bits per heavy atom. The number of aryl methyl sites for hydroxylation is 1. The second-order valence-electron chi connectivity index (χ2n) is 8.26. The van der Waals surface area contributed by atoms with Crippen LogP contribution < -0.4 is 10.2 Å². The molecule has 1 amide bonds. The molecule has 1 heterocycles. The number of fused-ring (bicyclic) bond motifs is 1. The highest BCUT2D eigenvalue weighted by Crippen LogP contribution is 2.33. The highest BCUT2D eigenvalue weighted by atomic mass is 79.9. The molecule has 1 N–H and O–H groups in total. The van der Waals surface area contributed by atoms with Crippen LogP contribution in [0.2, 0.25) is 0 Å². The molecule has 0 aliphatic carbocycles. The van der Waals surface area contributed by atoms with E-state index in [0.29, 0.717) is 5.75 Å². The van der Waals surface area contributed by atoms with Gasteiger partial charge in [0.05, 0.1) is 16.4 Å². The zero-order chi connectivity index (χ0) is 24.9. The van der Waals surface area contributed by atoms with E-state index in [1.54, 1.807) is 10.9 Å². The Balaban J connectivity index is 1.31. The van der Waals surface area contributed by atoms with Crippen molar-refractivity contribution in [1.29, 1.82) is 0 Å². The minimum atomic E-state index is -0.362. The first kappa shape index (κ1) is 23.5. The van der Waals surface area contributed by atoms with Gasteiger partial charge in [0, 0.05) is 17.3 Å². The Bertz CT molecular complexity index is 1560. The molecule has 0 saturated carbocycles. The highest BCUT2D eigenvalue weighted by molar-refractivity contribution is 9.10. The molecule has 4 aromatic carbocycles. The summed E-state index contributed by atoms with van der Waals surface area (Å²) in [5.41, 5.74) is 7.15. The van der Waals surface area contributed by atoms with Crippen LogP contribution in [0.5, 0.6) is 5.75 Å². The van der Waals surface area contributed by atoms with Crippen molar-refractivity contribution in [2.75, 3.05) is 6.61 Å². The molecule has 0 fully saturated rings. The van der Waals surface area contributed by atoms with Crippen LogP contribution >= 0.6 is 15.9 Å². The predicted molar refractivity (Wildman–Crippen MR) is 147 cm³/mol. The summed E-state index contributed by atoms with van der Waals surface area (Å²) in [5.74, 6) is 0.234. The molecule has 0 aliphatic rings. The first-order chi connectivity index (χ1) is 17.6. The van der Waals surface area contributed by atoms with Gasteiger partial charge in [-0.3, -0.25) is 4.79 Å². The number of aromatic nitrogens is 2. The molecule has 1 aromatic heterocycles. The Kier molecular flexibility index (Phi) is 6.91. The van der Waals surface area contributed by atoms with Crippen molar-refractivity contribution >= 4 is 38.8 Å². The number of benzene rings is 4. The summed E-state index contributed by atoms with van der Waals surface area (Å²) in [6, 6.07) is 29.7. The van der Waals surface area contributed by atoms with Crippen molar-refractivity contribution in [2.45, 2.75) is 6.92 Å². The van der Waals surface area contributed by atoms with Gasteiger partial charge in [-0.05, 0) is 57.9 Å². The van der Waals surface area contributed by atoms with Gasteiger partial charge < -0.3 is 4.74 Å². The maximum Gasteiger partial charge on any atom is 0.277 e. The molecule has 0 bridgehead atoms. The van der Waals surface area contributed by atoms with E-state index in [9.17, 15) is 4.79 Å². The fourth-order valence-corrected chi connectivity index (χ4v) is 4.49. The predicted octanol–water partition coefficient (Wildman–Crippen LogP) is 6.29. The maximum atomic E-state index is 12.4. The molecular formula is C29H23BrN4O2. The standard InChI is InChI=1S/C29H23BrN4O2/c1-20-8-7-10-22(16-20)29-23(18-34(33-29)24-11-3-2-4-12-24)17-31-32-27(35)19-36-26-15-14-21-9-5-6-13-25(21)28(26)30/h2-18H,19H2,1H3,(H,32,35). The quantitative estimate of drug-likeness (QED) is 0.195. The van der Waals surface area contributed by atoms with E-state index >= 15 is 0 Å². The van der Waals surface area contributed by atoms with Crippen LogP contribution in [0.25, 0.3) is 27.7 Å². The number of para-hydroxylation sites is 1. The van der Waals surface area contributed by atoms with Crippen molar-refractivity contribution in [1.82, 2.24) is 15.2 Å². The van der Waals surface area contributed by atoms with Gasteiger partial charge in [-0.2, -0.15) is 10.2 Å². The number of nitrogens with zero attached hydrogens (tertiary/aromatic N) is 3. The summed E-state index contributed by atoms with van der Waals surface area (Å²) >= 11 is 3.58. The largest absolute Gasteiger partial charge is 0.483 e. The third kappa shape index (κ3) is 5.21. The molecular weight excluding hydrogens is 516 g/mol. The van der Waals surface area contributed by atoms with E-state index in [2.05, 4.69) is 32.5 Å². The number of hydrazone groups is 1. The average Bonchev–Trinajstić information content (AvgIpc) is 3.33. The van der Waals surface area contributed by atoms with Gasteiger partial charge in [-0.25, -0.2) is 10.1 Å². The first-order valence-corrected chi connectivity index (χ1v) is 12.2. The number of carbonyl (C=O) groups is 1. The minimum absolute atomic E-state index is 0.164. The Labute approximate surface area is 217 Å². The van der Waals surface area contributed by atoms with Gasteiger partial charge in [0.1, 0.15) is 11.4 Å². The Morgan fingerprint density at radius 1 is 1.03 bits per heavy atom. The SMILES string of the molecule is Cc1cccc(-c2nn(-c3ccccc3)cc2C=NNC(=O)COc2ccc3ccccc3c2Br)c1. The van der Waals surface area contributed by atoms with Gasteiger partial charge in [-0.15, -0.1) is 0 Å². The molecule has 36 heavy (non-hydrogen) atoms. The van der Waals surface area contributed by atoms with Crippen LogP contribution in [-0.2, 0) is 4.79 Å². The zero-order valence-electron chi connectivity index (χ0n) is 19.6. The van der Waals surface area contributed by atoms with Crippen LogP contribution in [0.1, 0.15) is 11.1 Å². The average molecular weight is 539 g/mol. The van der Waals surface area contributed by atoms with Gasteiger partial charge in [0.25, 0.3) is 5.91 Å². The van der Waals surface area contributed by atoms with Crippen molar-refractivity contribution < 1.29 is 9.53 Å². The van der Waals surface area contributed by atoms with E-state index in [1.165, 1.54) is 0 Å². The van der Waals surface area contributed by atoms with Crippen LogP contribution in [0.15, 0.2) is 107 Å². The number of hydrogen-bond acceptors (Lipinski definition) is 4. The van der Waals surface area contributed by atoms with Crippen LogP contribution in [0.4, 0.5) is 0 Å². The van der Waals surface area contributed by atoms with E-state index < -0.39 is 0 Å². The molecule has 0 unspecified atom stereocenters. The summed E-state index contributed by atoms with van der Waals surface area (Å²) in [6.45, 7) is 1.88. The Morgan fingerprint density at radius 2 is 1.83 bits per heavy atom. The number of hydrogen-bond donors (Lipinski definition) is 1. The lowest BCUT2D eigenvalue weighted by Gasteiger charge is -2.09. The highest BCUT2D eigenvalue weighted by Gasteiger charge is 2.12. The normalized spacial score (nSPS) is 11.2. The lowest BCUT2D eigenvalue weighted by Crippen LogP contribution is -2.24. The number of halogens is 1. The topological polar surface area (TPSA) is 68.5 Å². The maximum absolute atomic E-state index is 12.4. The van der Waals surface area contributed by atoms with Crippen molar-refractivity contribution in [3.63, 3.8) is 0 Å². The summed E-state index contributed by atoms with van der Waals surface area (Å²) in [5, 5.41) is 11.1. The third-order valence-electron chi connectivity index (χ3n) is 5.63. The summed E-state index contributed by atoms with van der Waals surface area (Å²) in [6.07, 6.45) is 3.50. The first-order valence-electron chi connectivity index (χ1n) is 11.4. The van der Waals surface area contributed by atoms with Crippen molar-refractivity contribution in [2.24, 2.45) is 5.10 Å². The van der Waals surface area contributed by atoms with E-state index in [-0.39, 0.29) is 12.5 Å². The van der Waals surface area contributed by atoms with Gasteiger partial charge in [-0.1, -0.05) is 72.3 Å².